The summed E-state index contributed by atoms with van der Waals surface area (Å²) in [6.45, 7) is 2.27. The summed E-state index contributed by atoms with van der Waals surface area (Å²) in [7, 11) is 0. The first-order chi connectivity index (χ1) is 14.8. The van der Waals surface area contributed by atoms with Crippen molar-refractivity contribution in [2.24, 2.45) is 0 Å². The van der Waals surface area contributed by atoms with Crippen LogP contribution in [0.1, 0.15) is 87.5 Å². The molecule has 0 saturated heterocycles. The molecule has 3 heteroatoms. The largest absolute Gasteiger partial charge is 0.457 e. The zero-order chi connectivity index (χ0) is 21.0. The molecule has 1 heterocycles. The molecular weight excluding hydrogens is 391 g/mol. The summed E-state index contributed by atoms with van der Waals surface area (Å²) in [6.07, 6.45) is 15.9. The van der Waals surface area contributed by atoms with Crippen LogP contribution in [0.4, 0.5) is 4.39 Å². The number of halogens is 1. The van der Waals surface area contributed by atoms with Crippen molar-refractivity contribution in [3.05, 3.63) is 71.6 Å². The summed E-state index contributed by atoms with van der Waals surface area (Å²) < 4.78 is 19.4. The first-order valence-electron chi connectivity index (χ1n) is 11.6. The molecule has 162 valence electrons. The first kappa shape index (κ1) is 22.9. The van der Waals surface area contributed by atoms with Crippen LogP contribution in [0, 0.1) is 5.82 Å². The molecule has 0 aliphatic carbocycles. The smallest absolute Gasteiger partial charge is 0.132 e. The third kappa shape index (κ3) is 7.19. The van der Waals surface area contributed by atoms with Gasteiger partial charge in [0.25, 0.3) is 0 Å². The van der Waals surface area contributed by atoms with E-state index in [1.807, 2.05) is 23.9 Å². The summed E-state index contributed by atoms with van der Waals surface area (Å²) in [5.74, 6) is 2.68. The molecule has 0 amide bonds. The molecule has 1 aliphatic rings. The summed E-state index contributed by atoms with van der Waals surface area (Å²) in [5.41, 5.74) is 2.16. The van der Waals surface area contributed by atoms with Crippen LogP contribution in [0.5, 0.6) is 5.75 Å². The van der Waals surface area contributed by atoms with E-state index in [4.69, 9.17) is 4.74 Å². The van der Waals surface area contributed by atoms with Gasteiger partial charge in [-0.05, 0) is 48.6 Å². The normalized spacial score (nSPS) is 15.4. The predicted molar refractivity (Wildman–Crippen MR) is 128 cm³/mol. The molecule has 0 aromatic heterocycles. The lowest BCUT2D eigenvalue weighted by molar-refractivity contribution is 0.497. The molecule has 2 aromatic rings. The highest BCUT2D eigenvalue weighted by molar-refractivity contribution is 7.99. The number of hydrogen-bond donors (Lipinski definition) is 0. The molecule has 2 aromatic carbocycles. The summed E-state index contributed by atoms with van der Waals surface area (Å²) in [4.78, 5) is 0. The van der Waals surface area contributed by atoms with Crippen molar-refractivity contribution >= 4 is 17.5 Å². The van der Waals surface area contributed by atoms with Crippen LogP contribution in [-0.4, -0.2) is 5.75 Å². The van der Waals surface area contributed by atoms with Crippen LogP contribution in [0.25, 0.3) is 5.76 Å². The van der Waals surface area contributed by atoms with Gasteiger partial charge in [-0.25, -0.2) is 4.39 Å². The molecule has 1 aliphatic heterocycles. The van der Waals surface area contributed by atoms with E-state index in [0.717, 1.165) is 22.8 Å². The van der Waals surface area contributed by atoms with E-state index in [1.165, 1.54) is 81.9 Å². The topological polar surface area (TPSA) is 9.23 Å². The SMILES string of the molecule is CCCCCCCCCCCCSC1C=C(c2ccc(F)cc2)Oc2ccccc21. The number of rotatable bonds is 13. The minimum atomic E-state index is -0.220. The number of benzene rings is 2. The monoisotopic (exact) mass is 426 g/mol. The summed E-state index contributed by atoms with van der Waals surface area (Å²) in [6, 6.07) is 14.8. The third-order valence-electron chi connectivity index (χ3n) is 5.67. The maximum absolute atomic E-state index is 13.3. The Kier molecular flexibility index (Phi) is 9.82. The zero-order valence-electron chi connectivity index (χ0n) is 18.2. The Labute approximate surface area is 186 Å². The van der Waals surface area contributed by atoms with Gasteiger partial charge in [-0.3, -0.25) is 0 Å². The van der Waals surface area contributed by atoms with E-state index in [0.29, 0.717) is 0 Å². The minimum absolute atomic E-state index is 0.220. The molecule has 0 fully saturated rings. The van der Waals surface area contributed by atoms with Gasteiger partial charge in [-0.1, -0.05) is 82.9 Å². The fourth-order valence-electron chi connectivity index (χ4n) is 3.90. The minimum Gasteiger partial charge on any atom is -0.457 e. The highest BCUT2D eigenvalue weighted by atomic mass is 32.2. The molecule has 3 rings (SSSR count). The average molecular weight is 427 g/mol. The molecule has 0 saturated carbocycles. The van der Waals surface area contributed by atoms with Crippen molar-refractivity contribution in [3.8, 4) is 5.75 Å². The standard InChI is InChI=1S/C27H35FOS/c1-2-3-4-5-6-7-8-9-10-13-20-30-27-21-26(22-16-18-23(28)19-17-22)29-25-15-12-11-14-24(25)27/h11-12,14-19,21,27H,2-10,13,20H2,1H3. The Morgan fingerprint density at radius 2 is 1.43 bits per heavy atom. The van der Waals surface area contributed by atoms with Gasteiger partial charge in [-0.15, -0.1) is 11.8 Å². The number of thioether (sulfide) groups is 1. The molecule has 0 bridgehead atoms. The van der Waals surface area contributed by atoms with Crippen molar-refractivity contribution in [1.29, 1.82) is 0 Å². The van der Waals surface area contributed by atoms with Crippen LogP contribution < -0.4 is 4.74 Å². The highest BCUT2D eigenvalue weighted by Gasteiger charge is 2.22. The van der Waals surface area contributed by atoms with Crippen molar-refractivity contribution < 1.29 is 9.13 Å². The van der Waals surface area contributed by atoms with Crippen LogP contribution >= 0.6 is 11.8 Å². The maximum atomic E-state index is 13.3. The molecule has 1 atom stereocenters. The lowest BCUT2D eigenvalue weighted by Gasteiger charge is -2.25. The Morgan fingerprint density at radius 3 is 2.13 bits per heavy atom. The third-order valence-corrected chi connectivity index (χ3v) is 6.95. The summed E-state index contributed by atoms with van der Waals surface area (Å²) in [5, 5.41) is 0.286. The second kappa shape index (κ2) is 12.8. The van der Waals surface area contributed by atoms with Crippen LogP contribution in [-0.2, 0) is 0 Å². The number of ether oxygens (including phenoxy) is 1. The van der Waals surface area contributed by atoms with Crippen molar-refractivity contribution in [3.63, 3.8) is 0 Å². The number of para-hydroxylation sites is 1. The molecule has 0 N–H and O–H groups in total. The van der Waals surface area contributed by atoms with E-state index < -0.39 is 0 Å². The molecular formula is C27H35FOS. The zero-order valence-corrected chi connectivity index (χ0v) is 19.1. The molecule has 0 spiro atoms. The Bertz CT molecular complexity index is 784. The quantitative estimate of drug-likeness (QED) is 0.296. The van der Waals surface area contributed by atoms with E-state index in [1.54, 1.807) is 12.1 Å². The second-order valence-corrected chi connectivity index (χ2v) is 9.40. The van der Waals surface area contributed by atoms with Gasteiger partial charge in [0, 0.05) is 11.1 Å². The van der Waals surface area contributed by atoms with Crippen molar-refractivity contribution in [2.45, 2.75) is 76.4 Å². The van der Waals surface area contributed by atoms with Crippen LogP contribution in [0.15, 0.2) is 54.6 Å². The number of fused-ring (bicyclic) bond motifs is 1. The highest BCUT2D eigenvalue weighted by Crippen LogP contribution is 2.43. The number of hydrogen-bond acceptors (Lipinski definition) is 2. The Balaban J connectivity index is 1.44. The van der Waals surface area contributed by atoms with Gasteiger partial charge >= 0.3 is 0 Å². The Hall–Kier alpha value is -1.74. The fourth-order valence-corrected chi connectivity index (χ4v) is 5.11. The maximum Gasteiger partial charge on any atom is 0.132 e. The first-order valence-corrected chi connectivity index (χ1v) is 12.7. The van der Waals surface area contributed by atoms with Gasteiger partial charge in [-0.2, -0.15) is 0 Å². The van der Waals surface area contributed by atoms with Crippen LogP contribution in [0.3, 0.4) is 0 Å². The lowest BCUT2D eigenvalue weighted by atomic mass is 10.0. The van der Waals surface area contributed by atoms with Gasteiger partial charge < -0.3 is 4.74 Å². The van der Waals surface area contributed by atoms with Crippen molar-refractivity contribution in [1.82, 2.24) is 0 Å². The molecule has 30 heavy (non-hydrogen) atoms. The van der Waals surface area contributed by atoms with Gasteiger partial charge in [0.05, 0.1) is 5.25 Å². The van der Waals surface area contributed by atoms with Gasteiger partial charge in [0.2, 0.25) is 0 Å². The molecule has 0 radical (unpaired) electrons. The molecule has 1 nitrogen and oxygen atoms in total. The molecule has 1 unspecified atom stereocenters. The average Bonchev–Trinajstić information content (AvgIpc) is 2.77. The fraction of sp³-hybridized carbons (Fsp3) is 0.481. The van der Waals surface area contributed by atoms with E-state index in [2.05, 4.69) is 25.1 Å². The van der Waals surface area contributed by atoms with E-state index in [9.17, 15) is 4.39 Å². The van der Waals surface area contributed by atoms with E-state index >= 15 is 0 Å². The second-order valence-electron chi connectivity index (χ2n) is 8.15. The number of unbranched alkanes of at least 4 members (excludes halogenated alkanes) is 9. The lowest BCUT2D eigenvalue weighted by Crippen LogP contribution is -2.07. The van der Waals surface area contributed by atoms with Gasteiger partial charge in [0.15, 0.2) is 0 Å². The van der Waals surface area contributed by atoms with Gasteiger partial charge in [0.1, 0.15) is 17.3 Å². The van der Waals surface area contributed by atoms with E-state index in [-0.39, 0.29) is 11.1 Å². The predicted octanol–water partition coefficient (Wildman–Crippen LogP) is 8.95. The Morgan fingerprint density at radius 1 is 0.800 bits per heavy atom. The summed E-state index contributed by atoms with van der Waals surface area (Å²) >= 11 is 1.99. The van der Waals surface area contributed by atoms with Crippen molar-refractivity contribution in [2.75, 3.05) is 5.75 Å². The van der Waals surface area contributed by atoms with Crippen LogP contribution in [0.2, 0.25) is 0 Å².